The Morgan fingerprint density at radius 2 is 2.19 bits per heavy atom. The molecule has 2 heterocycles. The summed E-state index contributed by atoms with van der Waals surface area (Å²) in [4.78, 5) is 16.2. The average Bonchev–Trinajstić information content (AvgIpc) is 2.61. The maximum Gasteiger partial charge on any atom is 0.260 e. The lowest BCUT2D eigenvalue weighted by Gasteiger charge is -2.30. The SMILES string of the molecule is CC(C)C[C@H](N)C(=O)NC1/C=C\CCN(S(=O)(=O)c2ccccn2)CC1O. The van der Waals surface area contributed by atoms with Gasteiger partial charge in [0.2, 0.25) is 5.91 Å². The molecule has 2 unspecified atom stereocenters. The second-order valence-electron chi connectivity index (χ2n) is 7.09. The molecule has 1 amide bonds. The normalized spacial score (nSPS) is 24.0. The predicted octanol–water partition coefficient (Wildman–Crippen LogP) is 0.251. The largest absolute Gasteiger partial charge is 0.389 e. The molecule has 0 radical (unpaired) electrons. The number of pyridine rings is 1. The third-order valence-electron chi connectivity index (χ3n) is 4.31. The van der Waals surface area contributed by atoms with Crippen LogP contribution in [-0.2, 0) is 14.8 Å². The van der Waals surface area contributed by atoms with Gasteiger partial charge < -0.3 is 16.2 Å². The first kappa shape index (κ1) is 21.5. The Labute approximate surface area is 160 Å². The molecule has 0 aliphatic carbocycles. The minimum Gasteiger partial charge on any atom is -0.389 e. The summed E-state index contributed by atoms with van der Waals surface area (Å²) >= 11 is 0. The van der Waals surface area contributed by atoms with Crippen LogP contribution in [0.5, 0.6) is 0 Å². The van der Waals surface area contributed by atoms with Crippen LogP contribution in [0.1, 0.15) is 26.7 Å². The van der Waals surface area contributed by atoms with Crippen molar-refractivity contribution in [2.45, 2.75) is 49.9 Å². The van der Waals surface area contributed by atoms with E-state index in [9.17, 15) is 18.3 Å². The van der Waals surface area contributed by atoms with Crippen molar-refractivity contribution in [3.05, 3.63) is 36.5 Å². The van der Waals surface area contributed by atoms with Gasteiger partial charge in [0.15, 0.2) is 5.03 Å². The Hall–Kier alpha value is -1.81. The Bertz CT molecular complexity index is 752. The summed E-state index contributed by atoms with van der Waals surface area (Å²) < 4.78 is 26.7. The summed E-state index contributed by atoms with van der Waals surface area (Å²) in [7, 11) is -3.83. The third-order valence-corrected chi connectivity index (χ3v) is 6.09. The lowest BCUT2D eigenvalue weighted by atomic mass is 10.0. The Kier molecular flexibility index (Phi) is 7.49. The molecule has 1 aromatic heterocycles. The molecular formula is C18H28N4O4S. The molecule has 9 heteroatoms. The van der Waals surface area contributed by atoms with Gasteiger partial charge in [-0.1, -0.05) is 32.1 Å². The number of nitrogens with two attached hydrogens (primary N) is 1. The molecular weight excluding hydrogens is 368 g/mol. The fraction of sp³-hybridized carbons (Fsp3) is 0.556. The summed E-state index contributed by atoms with van der Waals surface area (Å²) in [5.74, 6) is -0.0975. The van der Waals surface area contributed by atoms with Crippen molar-refractivity contribution in [3.8, 4) is 0 Å². The summed E-state index contributed by atoms with van der Waals surface area (Å²) in [6.07, 6.45) is 4.74. The first-order valence-corrected chi connectivity index (χ1v) is 10.5. The fourth-order valence-electron chi connectivity index (χ4n) is 2.88. The zero-order chi connectivity index (χ0) is 20.0. The van der Waals surface area contributed by atoms with Gasteiger partial charge in [0.1, 0.15) is 0 Å². The number of carbonyl (C=O) groups is 1. The zero-order valence-electron chi connectivity index (χ0n) is 15.7. The minimum atomic E-state index is -3.83. The van der Waals surface area contributed by atoms with Gasteiger partial charge in [-0.15, -0.1) is 0 Å². The number of sulfonamides is 1. The molecule has 27 heavy (non-hydrogen) atoms. The Morgan fingerprint density at radius 3 is 2.81 bits per heavy atom. The van der Waals surface area contributed by atoms with Crippen molar-refractivity contribution in [2.24, 2.45) is 11.7 Å². The lowest BCUT2D eigenvalue weighted by molar-refractivity contribution is -0.123. The highest BCUT2D eigenvalue weighted by atomic mass is 32.2. The molecule has 0 saturated carbocycles. The molecule has 8 nitrogen and oxygen atoms in total. The van der Waals surface area contributed by atoms with E-state index in [4.69, 9.17) is 5.73 Å². The van der Waals surface area contributed by atoms with E-state index in [1.165, 1.54) is 16.6 Å². The average molecular weight is 397 g/mol. The minimum absolute atomic E-state index is 0.0682. The number of hydrogen-bond donors (Lipinski definition) is 3. The lowest BCUT2D eigenvalue weighted by Crippen LogP contribution is -2.53. The highest BCUT2D eigenvalue weighted by molar-refractivity contribution is 7.89. The molecule has 0 saturated heterocycles. The van der Waals surface area contributed by atoms with Crippen molar-refractivity contribution in [3.63, 3.8) is 0 Å². The number of amides is 1. The van der Waals surface area contributed by atoms with E-state index in [-0.39, 0.29) is 29.9 Å². The van der Waals surface area contributed by atoms with Crippen LogP contribution in [0.25, 0.3) is 0 Å². The standard InChI is InChI=1S/C18H28N4O4S/c1-13(2)11-14(19)18(24)21-15-7-4-6-10-22(12-16(15)23)27(25,26)17-8-3-5-9-20-17/h3-5,7-9,13-16,23H,6,10-12,19H2,1-2H3,(H,21,24)/b7-4-/t14-,15?,16?/m0/s1. The molecule has 1 aliphatic rings. The molecule has 0 aromatic carbocycles. The van der Waals surface area contributed by atoms with Crippen molar-refractivity contribution in [1.82, 2.24) is 14.6 Å². The maximum absolute atomic E-state index is 12.8. The van der Waals surface area contributed by atoms with Crippen molar-refractivity contribution >= 4 is 15.9 Å². The Morgan fingerprint density at radius 1 is 1.44 bits per heavy atom. The number of aliphatic hydroxyl groups is 1. The van der Waals surface area contributed by atoms with E-state index in [1.54, 1.807) is 24.3 Å². The molecule has 4 N–H and O–H groups in total. The maximum atomic E-state index is 12.8. The number of rotatable bonds is 6. The second kappa shape index (κ2) is 9.41. The smallest absolute Gasteiger partial charge is 0.260 e. The predicted molar refractivity (Wildman–Crippen MR) is 102 cm³/mol. The van der Waals surface area contributed by atoms with E-state index < -0.39 is 28.2 Å². The monoisotopic (exact) mass is 396 g/mol. The van der Waals surface area contributed by atoms with Crippen LogP contribution in [0, 0.1) is 5.92 Å². The number of nitrogens with zero attached hydrogens (tertiary/aromatic N) is 2. The second-order valence-corrected chi connectivity index (χ2v) is 8.97. The van der Waals surface area contributed by atoms with Crippen LogP contribution in [0.15, 0.2) is 41.6 Å². The fourth-order valence-corrected chi connectivity index (χ4v) is 4.29. The van der Waals surface area contributed by atoms with E-state index in [1.807, 2.05) is 13.8 Å². The van der Waals surface area contributed by atoms with Crippen LogP contribution >= 0.6 is 0 Å². The van der Waals surface area contributed by atoms with Gasteiger partial charge in [0, 0.05) is 19.3 Å². The van der Waals surface area contributed by atoms with E-state index in [0.717, 1.165) is 0 Å². The van der Waals surface area contributed by atoms with Gasteiger partial charge in [-0.25, -0.2) is 13.4 Å². The van der Waals surface area contributed by atoms with E-state index in [2.05, 4.69) is 10.3 Å². The summed E-state index contributed by atoms with van der Waals surface area (Å²) in [5.41, 5.74) is 5.89. The van der Waals surface area contributed by atoms with Gasteiger partial charge in [0.05, 0.1) is 18.2 Å². The summed E-state index contributed by atoms with van der Waals surface area (Å²) in [6, 6.07) is 3.26. The number of β-amino-alcohol motifs (C(OH)–C–C–N with tert-alkyl or cyclic N) is 1. The molecule has 2 rings (SSSR count). The van der Waals surface area contributed by atoms with Crippen LogP contribution in [0.3, 0.4) is 0 Å². The molecule has 0 bridgehead atoms. The molecule has 1 aromatic rings. The number of hydrogen-bond acceptors (Lipinski definition) is 6. The third kappa shape index (κ3) is 5.83. The number of carbonyl (C=O) groups excluding carboxylic acids is 1. The van der Waals surface area contributed by atoms with Gasteiger partial charge >= 0.3 is 0 Å². The van der Waals surface area contributed by atoms with E-state index >= 15 is 0 Å². The quantitative estimate of drug-likeness (QED) is 0.592. The first-order chi connectivity index (χ1) is 12.7. The van der Waals surface area contributed by atoms with Crippen LogP contribution < -0.4 is 11.1 Å². The molecule has 150 valence electrons. The van der Waals surface area contributed by atoms with Crippen LogP contribution in [0.4, 0.5) is 0 Å². The van der Waals surface area contributed by atoms with Crippen molar-refractivity contribution in [2.75, 3.05) is 13.1 Å². The van der Waals surface area contributed by atoms with Gasteiger partial charge in [0.25, 0.3) is 10.0 Å². The first-order valence-electron chi connectivity index (χ1n) is 9.03. The molecule has 3 atom stereocenters. The number of aliphatic hydroxyl groups excluding tert-OH is 1. The van der Waals surface area contributed by atoms with Crippen LogP contribution in [-0.4, -0.2) is 60.0 Å². The summed E-state index contributed by atoms with van der Waals surface area (Å²) in [6.45, 7) is 4.02. The van der Waals surface area contributed by atoms with Crippen LogP contribution in [0.2, 0.25) is 0 Å². The highest BCUT2D eigenvalue weighted by Crippen LogP contribution is 2.17. The van der Waals surface area contributed by atoms with Gasteiger partial charge in [-0.2, -0.15) is 4.31 Å². The highest BCUT2D eigenvalue weighted by Gasteiger charge is 2.31. The molecule has 0 fully saturated rings. The topological polar surface area (TPSA) is 126 Å². The molecule has 1 aliphatic heterocycles. The van der Waals surface area contributed by atoms with Gasteiger partial charge in [-0.3, -0.25) is 4.79 Å². The van der Waals surface area contributed by atoms with Crippen molar-refractivity contribution in [1.29, 1.82) is 0 Å². The molecule has 0 spiro atoms. The van der Waals surface area contributed by atoms with Crippen molar-refractivity contribution < 1.29 is 18.3 Å². The number of nitrogens with one attached hydrogen (secondary N) is 1. The number of aromatic nitrogens is 1. The van der Waals surface area contributed by atoms with Gasteiger partial charge in [-0.05, 0) is 30.9 Å². The Balaban J connectivity index is 2.11. The summed E-state index contributed by atoms with van der Waals surface area (Å²) in [5, 5.41) is 13.2. The zero-order valence-corrected chi connectivity index (χ0v) is 16.5. The van der Waals surface area contributed by atoms with E-state index in [0.29, 0.717) is 12.8 Å².